The SMILES string of the molecule is CCCOc1ccc(CN2C(=O)NC(=O)/C(=C\c3cc(Br)ccc3OCc3ccc(C(=O)O)cc3)C2=O)cc1OC. The van der Waals surface area contributed by atoms with E-state index in [0.717, 1.165) is 16.9 Å². The number of hydrogen-bond donors (Lipinski definition) is 2. The van der Waals surface area contributed by atoms with Gasteiger partial charge in [-0.2, -0.15) is 0 Å². The Balaban J connectivity index is 1.57. The standard InChI is InChI=1S/C30H27BrN2O8/c1-3-12-40-25-10-6-19(13-26(25)39-2)16-33-28(35)23(27(34)32-30(33)38)15-21-14-22(31)9-11-24(21)41-17-18-4-7-20(8-5-18)29(36)37/h4-11,13-15H,3,12,16-17H2,1-2H3,(H,36,37)(H,32,34,38)/b23-15+. The Morgan fingerprint density at radius 1 is 0.951 bits per heavy atom. The number of carboxylic acids is 1. The van der Waals surface area contributed by atoms with Crippen LogP contribution in [0, 0.1) is 0 Å². The van der Waals surface area contributed by atoms with E-state index in [0.29, 0.717) is 39.5 Å². The molecule has 41 heavy (non-hydrogen) atoms. The fourth-order valence-corrected chi connectivity index (χ4v) is 4.36. The van der Waals surface area contributed by atoms with Gasteiger partial charge in [0.1, 0.15) is 17.9 Å². The van der Waals surface area contributed by atoms with Crippen molar-refractivity contribution in [1.82, 2.24) is 10.2 Å². The summed E-state index contributed by atoms with van der Waals surface area (Å²) < 4.78 is 17.7. The summed E-state index contributed by atoms with van der Waals surface area (Å²) in [5, 5.41) is 11.3. The van der Waals surface area contributed by atoms with E-state index >= 15 is 0 Å². The predicted molar refractivity (Wildman–Crippen MR) is 153 cm³/mol. The Kier molecular flexibility index (Phi) is 9.41. The van der Waals surface area contributed by atoms with Crippen molar-refractivity contribution in [3.63, 3.8) is 0 Å². The van der Waals surface area contributed by atoms with Gasteiger partial charge in [-0.15, -0.1) is 0 Å². The summed E-state index contributed by atoms with van der Waals surface area (Å²) in [6.07, 6.45) is 2.19. The van der Waals surface area contributed by atoms with Crippen molar-refractivity contribution in [2.45, 2.75) is 26.5 Å². The lowest BCUT2D eigenvalue weighted by Crippen LogP contribution is -2.53. The van der Waals surface area contributed by atoms with Gasteiger partial charge in [0, 0.05) is 10.0 Å². The molecule has 0 atom stereocenters. The zero-order chi connectivity index (χ0) is 29.5. The first kappa shape index (κ1) is 29.3. The van der Waals surface area contributed by atoms with Gasteiger partial charge in [0.15, 0.2) is 11.5 Å². The van der Waals surface area contributed by atoms with Gasteiger partial charge >= 0.3 is 12.0 Å². The van der Waals surface area contributed by atoms with Crippen LogP contribution in [0.25, 0.3) is 6.08 Å². The van der Waals surface area contributed by atoms with Gasteiger partial charge in [0.2, 0.25) is 0 Å². The molecule has 0 aliphatic carbocycles. The minimum absolute atomic E-state index is 0.103. The Hall–Kier alpha value is -4.64. The second-order valence-corrected chi connectivity index (χ2v) is 9.93. The smallest absolute Gasteiger partial charge is 0.335 e. The summed E-state index contributed by atoms with van der Waals surface area (Å²) in [5.74, 6) is -1.24. The molecular formula is C30H27BrN2O8. The molecule has 0 radical (unpaired) electrons. The number of methoxy groups -OCH3 is 1. The third kappa shape index (κ3) is 7.12. The number of amides is 4. The van der Waals surface area contributed by atoms with Gasteiger partial charge in [-0.25, -0.2) is 9.59 Å². The quantitative estimate of drug-likeness (QED) is 0.221. The molecule has 1 aliphatic heterocycles. The normalized spacial score (nSPS) is 14.2. The number of carboxylic acid groups (broad SMARTS) is 1. The largest absolute Gasteiger partial charge is 0.493 e. The molecule has 3 aromatic carbocycles. The number of ether oxygens (including phenoxy) is 3. The minimum atomic E-state index is -1.03. The Morgan fingerprint density at radius 2 is 1.66 bits per heavy atom. The van der Waals surface area contributed by atoms with E-state index < -0.39 is 23.8 Å². The lowest BCUT2D eigenvalue weighted by Gasteiger charge is -2.26. The van der Waals surface area contributed by atoms with Gasteiger partial charge in [-0.3, -0.25) is 19.8 Å². The molecule has 4 rings (SSSR count). The molecule has 1 aliphatic rings. The van der Waals surface area contributed by atoms with E-state index in [1.165, 1.54) is 25.3 Å². The van der Waals surface area contributed by atoms with Gasteiger partial charge < -0.3 is 19.3 Å². The van der Waals surface area contributed by atoms with Crippen LogP contribution in [0.1, 0.15) is 40.4 Å². The van der Waals surface area contributed by atoms with Crippen LogP contribution < -0.4 is 19.5 Å². The topological polar surface area (TPSA) is 131 Å². The molecule has 0 aromatic heterocycles. The van der Waals surface area contributed by atoms with Crippen LogP contribution in [0.15, 0.2) is 70.7 Å². The maximum Gasteiger partial charge on any atom is 0.335 e. The number of carbonyl (C=O) groups excluding carboxylic acids is 3. The summed E-state index contributed by atoms with van der Waals surface area (Å²) in [5.41, 5.74) is 1.66. The first-order valence-corrected chi connectivity index (χ1v) is 13.4. The van der Waals surface area contributed by atoms with Crippen molar-refractivity contribution in [1.29, 1.82) is 0 Å². The number of nitrogens with one attached hydrogen (secondary N) is 1. The van der Waals surface area contributed by atoms with Crippen LogP contribution in [0.3, 0.4) is 0 Å². The fraction of sp³-hybridized carbons (Fsp3) is 0.200. The van der Waals surface area contributed by atoms with E-state index in [4.69, 9.17) is 19.3 Å². The summed E-state index contributed by atoms with van der Waals surface area (Å²) in [7, 11) is 1.50. The monoisotopic (exact) mass is 622 g/mol. The Morgan fingerprint density at radius 3 is 2.34 bits per heavy atom. The van der Waals surface area contributed by atoms with Crippen molar-refractivity contribution in [2.75, 3.05) is 13.7 Å². The molecule has 0 spiro atoms. The zero-order valence-electron chi connectivity index (χ0n) is 22.3. The molecule has 3 aromatic rings. The first-order valence-electron chi connectivity index (χ1n) is 12.6. The van der Waals surface area contributed by atoms with Crippen LogP contribution in [0.2, 0.25) is 0 Å². The molecular weight excluding hydrogens is 596 g/mol. The molecule has 212 valence electrons. The highest BCUT2D eigenvalue weighted by molar-refractivity contribution is 9.10. The molecule has 0 bridgehead atoms. The van der Waals surface area contributed by atoms with E-state index in [1.807, 2.05) is 6.92 Å². The van der Waals surface area contributed by atoms with Gasteiger partial charge in [-0.05, 0) is 66.1 Å². The third-order valence-corrected chi connectivity index (χ3v) is 6.58. The average Bonchev–Trinajstić information content (AvgIpc) is 2.96. The molecule has 11 heteroatoms. The summed E-state index contributed by atoms with van der Waals surface area (Å²) in [6, 6.07) is 15.6. The molecule has 10 nitrogen and oxygen atoms in total. The number of carbonyl (C=O) groups is 4. The molecule has 1 saturated heterocycles. The van der Waals surface area contributed by atoms with E-state index in [9.17, 15) is 19.2 Å². The maximum absolute atomic E-state index is 13.4. The molecule has 0 unspecified atom stereocenters. The van der Waals surface area contributed by atoms with E-state index in [1.54, 1.807) is 48.5 Å². The summed E-state index contributed by atoms with van der Waals surface area (Å²) in [4.78, 5) is 50.8. The van der Waals surface area contributed by atoms with Crippen LogP contribution in [0.4, 0.5) is 4.79 Å². The highest BCUT2D eigenvalue weighted by Gasteiger charge is 2.36. The number of barbiturate groups is 1. The number of benzene rings is 3. The number of nitrogens with zero attached hydrogens (tertiary/aromatic N) is 1. The lowest BCUT2D eigenvalue weighted by atomic mass is 10.1. The highest BCUT2D eigenvalue weighted by Crippen LogP contribution is 2.30. The summed E-state index contributed by atoms with van der Waals surface area (Å²) >= 11 is 3.40. The summed E-state index contributed by atoms with van der Waals surface area (Å²) in [6.45, 7) is 2.51. The molecule has 1 fully saturated rings. The van der Waals surface area contributed by atoms with Gasteiger partial charge in [-0.1, -0.05) is 41.1 Å². The number of urea groups is 1. The second kappa shape index (κ2) is 13.1. The number of hydrogen-bond acceptors (Lipinski definition) is 7. The molecule has 4 amide bonds. The van der Waals surface area contributed by atoms with Crippen molar-refractivity contribution in [3.8, 4) is 17.2 Å². The molecule has 2 N–H and O–H groups in total. The fourth-order valence-electron chi connectivity index (χ4n) is 3.99. The third-order valence-electron chi connectivity index (χ3n) is 6.08. The number of rotatable bonds is 11. The van der Waals surface area contributed by atoms with Gasteiger partial charge in [0.05, 0.1) is 25.8 Å². The molecule has 1 heterocycles. The van der Waals surface area contributed by atoms with Crippen molar-refractivity contribution < 1.29 is 38.5 Å². The highest BCUT2D eigenvalue weighted by atomic mass is 79.9. The number of aromatic carboxylic acids is 1. The number of halogens is 1. The van der Waals surface area contributed by atoms with Crippen LogP contribution in [-0.2, 0) is 22.7 Å². The minimum Gasteiger partial charge on any atom is -0.493 e. The first-order chi connectivity index (χ1) is 19.7. The van der Waals surface area contributed by atoms with E-state index in [-0.39, 0.29) is 24.3 Å². The zero-order valence-corrected chi connectivity index (χ0v) is 23.9. The number of imide groups is 2. The lowest BCUT2D eigenvalue weighted by molar-refractivity contribution is -0.130. The van der Waals surface area contributed by atoms with Crippen LogP contribution in [0.5, 0.6) is 17.2 Å². The van der Waals surface area contributed by atoms with E-state index in [2.05, 4.69) is 21.2 Å². The van der Waals surface area contributed by atoms with Gasteiger partial charge in [0.25, 0.3) is 11.8 Å². The predicted octanol–water partition coefficient (Wildman–Crippen LogP) is 5.19. The molecule has 0 saturated carbocycles. The van der Waals surface area contributed by atoms with Crippen LogP contribution in [-0.4, -0.2) is 47.5 Å². The Labute approximate surface area is 244 Å². The van der Waals surface area contributed by atoms with Crippen molar-refractivity contribution >= 4 is 45.8 Å². The van der Waals surface area contributed by atoms with Crippen molar-refractivity contribution in [3.05, 3.63) is 93.0 Å². The van der Waals surface area contributed by atoms with Crippen LogP contribution >= 0.6 is 15.9 Å². The second-order valence-electron chi connectivity index (χ2n) is 9.02. The average molecular weight is 623 g/mol. The van der Waals surface area contributed by atoms with Crippen molar-refractivity contribution in [2.24, 2.45) is 0 Å². The maximum atomic E-state index is 13.4. The Bertz CT molecular complexity index is 1520.